The Morgan fingerprint density at radius 3 is 2.38 bits per heavy atom. The third-order valence-corrected chi connectivity index (χ3v) is 4.88. The van der Waals surface area contributed by atoms with E-state index in [-0.39, 0.29) is 5.25 Å². The molecule has 0 saturated carbocycles. The summed E-state index contributed by atoms with van der Waals surface area (Å²) in [6.45, 7) is 9.32. The lowest BCUT2D eigenvalue weighted by atomic mass is 10.1. The highest BCUT2D eigenvalue weighted by Crippen LogP contribution is 2.39. The van der Waals surface area contributed by atoms with Gasteiger partial charge in [-0.15, -0.1) is 11.8 Å². The zero-order valence-electron chi connectivity index (χ0n) is 13.1. The molecule has 1 unspecified atom stereocenters. The minimum atomic E-state index is -4.31. The second kappa shape index (κ2) is 8.08. The van der Waals surface area contributed by atoms with Crippen LogP contribution in [0.2, 0.25) is 0 Å². The normalized spacial score (nSPS) is 13.7. The van der Waals surface area contributed by atoms with E-state index in [2.05, 4.69) is 5.32 Å². The highest BCUT2D eigenvalue weighted by molar-refractivity contribution is 8.00. The average molecular weight is 319 g/mol. The van der Waals surface area contributed by atoms with Gasteiger partial charge in [0.05, 0.1) is 5.56 Å². The smallest absolute Gasteiger partial charge is 0.313 e. The maximum Gasteiger partial charge on any atom is 0.417 e. The molecule has 1 atom stereocenters. The largest absolute Gasteiger partial charge is 0.417 e. The van der Waals surface area contributed by atoms with Crippen molar-refractivity contribution in [3.8, 4) is 0 Å². The minimum Gasteiger partial charge on any atom is -0.313 e. The molecule has 0 spiro atoms. The molecule has 0 aliphatic heterocycles. The van der Waals surface area contributed by atoms with E-state index in [1.54, 1.807) is 12.1 Å². The molecule has 0 aliphatic carbocycles. The Hall–Kier alpha value is -0.680. The molecule has 1 aromatic carbocycles. The standard InChI is InChI=1S/C16H24F3NS/c1-5-8-20-10-13-6-7-15(21-12(4)11(2)3)14(9-13)16(17,18)19/h6-7,9,11-12,20H,5,8,10H2,1-4H3. The van der Waals surface area contributed by atoms with Crippen LogP contribution in [-0.2, 0) is 12.7 Å². The summed E-state index contributed by atoms with van der Waals surface area (Å²) in [5.41, 5.74) is 0.160. The predicted molar refractivity (Wildman–Crippen MR) is 83.6 cm³/mol. The monoisotopic (exact) mass is 319 g/mol. The number of benzene rings is 1. The Morgan fingerprint density at radius 2 is 1.86 bits per heavy atom. The first kappa shape index (κ1) is 18.4. The fraction of sp³-hybridized carbons (Fsp3) is 0.625. The highest BCUT2D eigenvalue weighted by atomic mass is 32.2. The van der Waals surface area contributed by atoms with Crippen LogP contribution in [0.3, 0.4) is 0 Å². The van der Waals surface area contributed by atoms with Gasteiger partial charge in [-0.05, 0) is 36.6 Å². The van der Waals surface area contributed by atoms with E-state index in [4.69, 9.17) is 0 Å². The molecule has 1 rings (SSSR count). The summed E-state index contributed by atoms with van der Waals surface area (Å²) in [5.74, 6) is 0.335. The van der Waals surface area contributed by atoms with Crippen molar-refractivity contribution in [1.82, 2.24) is 5.32 Å². The molecule has 21 heavy (non-hydrogen) atoms. The number of thioether (sulfide) groups is 1. The molecule has 0 aliphatic rings. The van der Waals surface area contributed by atoms with E-state index in [1.807, 2.05) is 27.7 Å². The van der Waals surface area contributed by atoms with Crippen molar-refractivity contribution < 1.29 is 13.2 Å². The first-order chi connectivity index (χ1) is 9.75. The number of halogens is 3. The van der Waals surface area contributed by atoms with Gasteiger partial charge in [0, 0.05) is 16.7 Å². The number of rotatable bonds is 7. The Kier molecular flexibility index (Phi) is 7.07. The van der Waals surface area contributed by atoms with Gasteiger partial charge in [0.15, 0.2) is 0 Å². The van der Waals surface area contributed by atoms with Gasteiger partial charge in [0.1, 0.15) is 0 Å². The molecule has 1 aromatic rings. The van der Waals surface area contributed by atoms with E-state index in [1.165, 1.54) is 17.8 Å². The maximum absolute atomic E-state index is 13.2. The van der Waals surface area contributed by atoms with Gasteiger partial charge in [-0.3, -0.25) is 0 Å². The number of hydrogen-bond donors (Lipinski definition) is 1. The lowest BCUT2D eigenvalue weighted by molar-refractivity contribution is -0.139. The van der Waals surface area contributed by atoms with Crippen LogP contribution >= 0.6 is 11.8 Å². The summed E-state index contributed by atoms with van der Waals surface area (Å²) in [6.07, 6.45) is -3.34. The Bertz CT molecular complexity index is 444. The predicted octanol–water partition coefficient (Wildman–Crippen LogP) is 5.34. The zero-order valence-corrected chi connectivity index (χ0v) is 13.9. The second-order valence-corrected chi connectivity index (χ2v) is 6.99. The van der Waals surface area contributed by atoms with E-state index in [0.717, 1.165) is 13.0 Å². The van der Waals surface area contributed by atoms with E-state index < -0.39 is 11.7 Å². The third kappa shape index (κ3) is 5.91. The molecule has 0 fully saturated rings. The van der Waals surface area contributed by atoms with Crippen molar-refractivity contribution in [2.45, 2.75) is 57.0 Å². The Balaban J connectivity index is 2.97. The van der Waals surface area contributed by atoms with Crippen LogP contribution in [0.5, 0.6) is 0 Å². The van der Waals surface area contributed by atoms with E-state index >= 15 is 0 Å². The van der Waals surface area contributed by atoms with Gasteiger partial charge in [0.2, 0.25) is 0 Å². The van der Waals surface area contributed by atoms with Crippen LogP contribution in [0.1, 0.15) is 45.2 Å². The summed E-state index contributed by atoms with van der Waals surface area (Å²) >= 11 is 1.30. The van der Waals surface area contributed by atoms with Gasteiger partial charge in [-0.2, -0.15) is 13.2 Å². The Morgan fingerprint density at radius 1 is 1.19 bits per heavy atom. The van der Waals surface area contributed by atoms with Crippen LogP contribution in [0.25, 0.3) is 0 Å². The molecule has 120 valence electrons. The average Bonchev–Trinajstić information content (AvgIpc) is 2.39. The van der Waals surface area contributed by atoms with Gasteiger partial charge in [-0.25, -0.2) is 0 Å². The van der Waals surface area contributed by atoms with Crippen LogP contribution in [0, 0.1) is 5.92 Å². The van der Waals surface area contributed by atoms with Crippen LogP contribution in [0.15, 0.2) is 23.1 Å². The number of alkyl halides is 3. The molecule has 0 radical (unpaired) electrons. The van der Waals surface area contributed by atoms with Gasteiger partial charge in [0.25, 0.3) is 0 Å². The van der Waals surface area contributed by atoms with Crippen molar-refractivity contribution in [3.05, 3.63) is 29.3 Å². The SMILES string of the molecule is CCCNCc1ccc(SC(C)C(C)C)c(C(F)(F)F)c1. The Labute approximate surface area is 129 Å². The second-order valence-electron chi connectivity index (χ2n) is 5.57. The van der Waals surface area contributed by atoms with Crippen LogP contribution in [0.4, 0.5) is 13.2 Å². The summed E-state index contributed by atoms with van der Waals surface area (Å²) in [5, 5.41) is 3.28. The lowest BCUT2D eigenvalue weighted by Crippen LogP contribution is -2.15. The summed E-state index contributed by atoms with van der Waals surface area (Å²) < 4.78 is 39.7. The first-order valence-corrected chi connectivity index (χ1v) is 8.21. The van der Waals surface area contributed by atoms with Gasteiger partial charge < -0.3 is 5.32 Å². The quantitative estimate of drug-likeness (QED) is 0.537. The first-order valence-electron chi connectivity index (χ1n) is 7.33. The molecule has 1 N–H and O–H groups in total. The molecule has 1 nitrogen and oxygen atoms in total. The molecule has 0 heterocycles. The van der Waals surface area contributed by atoms with Crippen molar-refractivity contribution in [3.63, 3.8) is 0 Å². The summed E-state index contributed by atoms with van der Waals surface area (Å²) in [4.78, 5) is 0.322. The minimum absolute atomic E-state index is 0.148. The zero-order chi connectivity index (χ0) is 16.0. The molecule has 0 amide bonds. The van der Waals surface area contributed by atoms with Crippen LogP contribution < -0.4 is 5.32 Å². The number of hydrogen-bond acceptors (Lipinski definition) is 2. The highest BCUT2D eigenvalue weighted by Gasteiger charge is 2.34. The fourth-order valence-electron chi connectivity index (χ4n) is 1.76. The molecule has 5 heteroatoms. The number of nitrogens with one attached hydrogen (secondary N) is 1. The van der Waals surface area contributed by atoms with Gasteiger partial charge in [-0.1, -0.05) is 33.8 Å². The summed E-state index contributed by atoms with van der Waals surface area (Å²) in [7, 11) is 0. The van der Waals surface area contributed by atoms with E-state index in [9.17, 15) is 13.2 Å². The van der Waals surface area contributed by atoms with Crippen molar-refractivity contribution in [1.29, 1.82) is 0 Å². The topological polar surface area (TPSA) is 12.0 Å². The molecule has 0 bridgehead atoms. The molecule has 0 aromatic heterocycles. The van der Waals surface area contributed by atoms with Crippen molar-refractivity contribution in [2.24, 2.45) is 5.92 Å². The fourth-order valence-corrected chi connectivity index (χ4v) is 2.88. The lowest BCUT2D eigenvalue weighted by Gasteiger charge is -2.19. The van der Waals surface area contributed by atoms with Crippen LogP contribution in [-0.4, -0.2) is 11.8 Å². The molecule has 0 saturated heterocycles. The van der Waals surface area contributed by atoms with Crippen molar-refractivity contribution in [2.75, 3.05) is 6.54 Å². The van der Waals surface area contributed by atoms with Crippen molar-refractivity contribution >= 4 is 11.8 Å². The van der Waals surface area contributed by atoms with Gasteiger partial charge >= 0.3 is 6.18 Å². The third-order valence-electron chi connectivity index (χ3n) is 3.36. The molecular formula is C16H24F3NS. The maximum atomic E-state index is 13.2. The summed E-state index contributed by atoms with van der Waals surface area (Å²) in [6, 6.07) is 4.67. The molecular weight excluding hydrogens is 295 g/mol. The van der Waals surface area contributed by atoms with E-state index in [0.29, 0.717) is 22.9 Å².